The Labute approximate surface area is 151 Å². The quantitative estimate of drug-likeness (QED) is 0.451. The molecule has 1 aliphatic heterocycles. The Bertz CT molecular complexity index is 808. The number of hydrogen-bond donors (Lipinski definition) is 0. The lowest BCUT2D eigenvalue weighted by Gasteiger charge is -2.34. The van der Waals surface area contributed by atoms with E-state index in [0.717, 1.165) is 25.9 Å². The molecular formula is C19H19ClN2O3. The number of nitro benzene ring substituents is 1. The predicted octanol–water partition coefficient (Wildman–Crippen LogP) is 4.72. The number of anilines is 1. The normalized spacial score (nSPS) is 17.4. The van der Waals surface area contributed by atoms with Gasteiger partial charge in [-0.3, -0.25) is 14.9 Å². The SMILES string of the molecule is CC1CCCN(c2cc(Cl)c([N+](=O)[O-])cc2C(=O)c2ccccc2)C1. The first-order valence-electron chi connectivity index (χ1n) is 8.30. The van der Waals surface area contributed by atoms with E-state index in [-0.39, 0.29) is 16.5 Å². The summed E-state index contributed by atoms with van der Waals surface area (Å²) in [6, 6.07) is 11.7. The smallest absolute Gasteiger partial charge is 0.288 e. The molecule has 1 atom stereocenters. The minimum Gasteiger partial charge on any atom is -0.371 e. The number of carbonyl (C=O) groups excluding carboxylic acids is 1. The molecule has 2 aromatic rings. The van der Waals surface area contributed by atoms with E-state index < -0.39 is 4.92 Å². The van der Waals surface area contributed by atoms with Gasteiger partial charge in [-0.2, -0.15) is 0 Å². The van der Waals surface area contributed by atoms with Crippen LogP contribution in [-0.2, 0) is 0 Å². The van der Waals surface area contributed by atoms with Crippen molar-refractivity contribution in [3.05, 3.63) is 68.7 Å². The fourth-order valence-corrected chi connectivity index (χ4v) is 3.51. The molecule has 5 nitrogen and oxygen atoms in total. The molecule has 2 aromatic carbocycles. The van der Waals surface area contributed by atoms with Crippen molar-refractivity contribution in [1.82, 2.24) is 0 Å². The Morgan fingerprint density at radius 1 is 1.28 bits per heavy atom. The standard InChI is InChI=1S/C19H19ClN2O3/c1-13-6-5-9-21(12-13)17-11-16(20)18(22(24)25)10-15(17)19(23)14-7-3-2-4-8-14/h2-4,7-8,10-11,13H,5-6,9,12H2,1H3. The number of rotatable bonds is 4. The van der Waals surface area contributed by atoms with Gasteiger partial charge in [0, 0.05) is 30.4 Å². The van der Waals surface area contributed by atoms with Gasteiger partial charge >= 0.3 is 0 Å². The van der Waals surface area contributed by atoms with Crippen molar-refractivity contribution in [3.8, 4) is 0 Å². The summed E-state index contributed by atoms with van der Waals surface area (Å²) >= 11 is 6.12. The van der Waals surface area contributed by atoms with Crippen LogP contribution in [0.5, 0.6) is 0 Å². The minimum absolute atomic E-state index is 0.0582. The number of nitro groups is 1. The second-order valence-corrected chi connectivity index (χ2v) is 6.87. The summed E-state index contributed by atoms with van der Waals surface area (Å²) in [6.07, 6.45) is 2.16. The van der Waals surface area contributed by atoms with Crippen molar-refractivity contribution < 1.29 is 9.72 Å². The average molecular weight is 359 g/mol. The van der Waals surface area contributed by atoms with Crippen LogP contribution in [0.15, 0.2) is 42.5 Å². The summed E-state index contributed by atoms with van der Waals surface area (Å²) in [5.41, 5.74) is 1.27. The second kappa shape index (κ2) is 7.23. The van der Waals surface area contributed by atoms with Crippen LogP contribution in [0.2, 0.25) is 5.02 Å². The van der Waals surface area contributed by atoms with E-state index in [2.05, 4.69) is 11.8 Å². The monoisotopic (exact) mass is 358 g/mol. The Morgan fingerprint density at radius 3 is 2.64 bits per heavy atom. The van der Waals surface area contributed by atoms with Crippen molar-refractivity contribution >= 4 is 28.8 Å². The number of carbonyl (C=O) groups is 1. The molecule has 25 heavy (non-hydrogen) atoms. The first kappa shape index (κ1) is 17.4. The van der Waals surface area contributed by atoms with Crippen LogP contribution in [0.25, 0.3) is 0 Å². The van der Waals surface area contributed by atoms with E-state index >= 15 is 0 Å². The van der Waals surface area contributed by atoms with Gasteiger partial charge in [0.15, 0.2) is 5.78 Å². The molecule has 6 heteroatoms. The topological polar surface area (TPSA) is 63.4 Å². The highest BCUT2D eigenvalue weighted by Crippen LogP contribution is 2.36. The van der Waals surface area contributed by atoms with Crippen LogP contribution >= 0.6 is 11.6 Å². The Morgan fingerprint density at radius 2 is 2.00 bits per heavy atom. The largest absolute Gasteiger partial charge is 0.371 e. The average Bonchev–Trinajstić information content (AvgIpc) is 2.61. The predicted molar refractivity (Wildman–Crippen MR) is 98.6 cm³/mol. The molecule has 1 fully saturated rings. The van der Waals surface area contributed by atoms with Crippen molar-refractivity contribution in [1.29, 1.82) is 0 Å². The van der Waals surface area contributed by atoms with Crippen molar-refractivity contribution in [2.24, 2.45) is 5.92 Å². The molecule has 1 unspecified atom stereocenters. The summed E-state index contributed by atoms with van der Waals surface area (Å²) in [7, 11) is 0. The Kier molecular flexibility index (Phi) is 5.04. The molecular weight excluding hydrogens is 340 g/mol. The van der Waals surface area contributed by atoms with Gasteiger partial charge in [-0.05, 0) is 24.8 Å². The van der Waals surface area contributed by atoms with E-state index in [1.165, 1.54) is 6.07 Å². The molecule has 0 aliphatic carbocycles. The highest BCUT2D eigenvalue weighted by Gasteiger charge is 2.26. The molecule has 0 aromatic heterocycles. The molecule has 1 saturated heterocycles. The van der Waals surface area contributed by atoms with Gasteiger partial charge in [-0.15, -0.1) is 0 Å². The fourth-order valence-electron chi connectivity index (χ4n) is 3.29. The summed E-state index contributed by atoms with van der Waals surface area (Å²) in [6.45, 7) is 3.79. The molecule has 0 N–H and O–H groups in total. The highest BCUT2D eigenvalue weighted by molar-refractivity contribution is 6.33. The molecule has 0 saturated carbocycles. The highest BCUT2D eigenvalue weighted by atomic mass is 35.5. The fraction of sp³-hybridized carbons (Fsp3) is 0.316. The lowest BCUT2D eigenvalue weighted by molar-refractivity contribution is -0.384. The number of halogens is 1. The lowest BCUT2D eigenvalue weighted by Crippen LogP contribution is -2.35. The first-order valence-corrected chi connectivity index (χ1v) is 8.68. The number of benzene rings is 2. The molecule has 3 rings (SSSR count). The number of nitrogens with zero attached hydrogens (tertiary/aromatic N) is 2. The summed E-state index contributed by atoms with van der Waals surface area (Å²) in [5, 5.41) is 11.3. The first-order chi connectivity index (χ1) is 12.0. The third kappa shape index (κ3) is 3.66. The van der Waals surface area contributed by atoms with E-state index in [9.17, 15) is 14.9 Å². The number of hydrogen-bond acceptors (Lipinski definition) is 4. The van der Waals surface area contributed by atoms with Crippen LogP contribution in [0, 0.1) is 16.0 Å². The maximum atomic E-state index is 13.0. The van der Waals surface area contributed by atoms with Crippen molar-refractivity contribution in [3.63, 3.8) is 0 Å². The van der Waals surface area contributed by atoms with E-state index in [1.54, 1.807) is 30.3 Å². The zero-order chi connectivity index (χ0) is 18.0. The van der Waals surface area contributed by atoms with E-state index in [0.29, 0.717) is 22.7 Å². The molecule has 0 radical (unpaired) electrons. The van der Waals surface area contributed by atoms with Gasteiger partial charge < -0.3 is 4.90 Å². The molecule has 130 valence electrons. The third-order valence-electron chi connectivity index (χ3n) is 4.54. The minimum atomic E-state index is -0.549. The number of piperidine rings is 1. The second-order valence-electron chi connectivity index (χ2n) is 6.47. The molecule has 0 bridgehead atoms. The summed E-state index contributed by atoms with van der Waals surface area (Å²) in [4.78, 5) is 25.8. The molecule has 0 spiro atoms. The van der Waals surface area contributed by atoms with Crippen LogP contribution in [0.4, 0.5) is 11.4 Å². The molecule has 1 heterocycles. The maximum Gasteiger partial charge on any atom is 0.288 e. The van der Waals surface area contributed by atoms with Gasteiger partial charge in [-0.25, -0.2) is 0 Å². The van der Waals surface area contributed by atoms with Crippen LogP contribution in [-0.4, -0.2) is 23.8 Å². The maximum absolute atomic E-state index is 13.0. The van der Waals surface area contributed by atoms with Gasteiger partial charge in [-0.1, -0.05) is 48.9 Å². The zero-order valence-corrected chi connectivity index (χ0v) is 14.7. The molecule has 1 aliphatic rings. The van der Waals surface area contributed by atoms with Crippen molar-refractivity contribution in [2.45, 2.75) is 19.8 Å². The van der Waals surface area contributed by atoms with Gasteiger partial charge in [0.25, 0.3) is 5.69 Å². The van der Waals surface area contributed by atoms with Crippen LogP contribution in [0.1, 0.15) is 35.7 Å². The Hall–Kier alpha value is -2.40. The van der Waals surface area contributed by atoms with E-state index in [4.69, 9.17) is 11.6 Å². The summed E-state index contributed by atoms with van der Waals surface area (Å²) < 4.78 is 0. The lowest BCUT2D eigenvalue weighted by atomic mass is 9.96. The van der Waals surface area contributed by atoms with Crippen LogP contribution in [0.3, 0.4) is 0 Å². The molecule has 0 amide bonds. The summed E-state index contributed by atoms with van der Waals surface area (Å²) in [5.74, 6) is 0.274. The zero-order valence-electron chi connectivity index (χ0n) is 13.9. The van der Waals surface area contributed by atoms with Gasteiger partial charge in [0.2, 0.25) is 0 Å². The van der Waals surface area contributed by atoms with Crippen LogP contribution < -0.4 is 4.90 Å². The Balaban J connectivity index is 2.11. The third-order valence-corrected chi connectivity index (χ3v) is 4.84. The van der Waals surface area contributed by atoms with Crippen molar-refractivity contribution in [2.75, 3.05) is 18.0 Å². The van der Waals surface area contributed by atoms with Gasteiger partial charge in [0.05, 0.1) is 10.5 Å². The van der Waals surface area contributed by atoms with Gasteiger partial charge in [0.1, 0.15) is 5.02 Å². The number of ketones is 1. The van der Waals surface area contributed by atoms with E-state index in [1.807, 2.05) is 6.07 Å².